The number of methoxy groups -OCH3 is 1. The van der Waals surface area contributed by atoms with Crippen LogP contribution in [0.5, 0.6) is 0 Å². The molecule has 0 fully saturated rings. The molecule has 0 unspecified atom stereocenters. The van der Waals surface area contributed by atoms with E-state index in [1.165, 1.54) is 0 Å². The van der Waals surface area contributed by atoms with E-state index < -0.39 is 5.60 Å². The molecule has 0 spiro atoms. The number of carbonyl (C=O) groups excluding carboxylic acids is 1. The molecule has 1 aromatic rings. The highest BCUT2D eigenvalue weighted by molar-refractivity contribution is 5.70. The Morgan fingerprint density at radius 1 is 1.26 bits per heavy atom. The van der Waals surface area contributed by atoms with E-state index in [-0.39, 0.29) is 5.97 Å². The molecule has 0 atom stereocenters. The Kier molecular flexibility index (Phi) is 5.83. The molecule has 4 heteroatoms. The first-order valence-corrected chi connectivity index (χ1v) is 6.45. The van der Waals surface area contributed by atoms with E-state index in [9.17, 15) is 4.79 Å². The number of para-hydroxylation sites is 1. The van der Waals surface area contributed by atoms with Gasteiger partial charge in [-0.2, -0.15) is 0 Å². The Bertz CT molecular complexity index is 410. The van der Waals surface area contributed by atoms with E-state index >= 15 is 0 Å². The number of carbonyl (C=O) groups is 1. The maximum Gasteiger partial charge on any atom is 0.308 e. The smallest absolute Gasteiger partial charge is 0.308 e. The Balaban J connectivity index is 2.43. The first-order chi connectivity index (χ1) is 8.92. The number of rotatable bonds is 6. The summed E-state index contributed by atoms with van der Waals surface area (Å²) in [4.78, 5) is 11.6. The number of benzene rings is 1. The fraction of sp³-hybridized carbons (Fsp3) is 0.533. The molecular formula is C15H23NO3. The largest absolute Gasteiger partial charge is 0.460 e. The first-order valence-electron chi connectivity index (χ1n) is 6.45. The quantitative estimate of drug-likeness (QED) is 0.803. The summed E-state index contributed by atoms with van der Waals surface area (Å²) in [6.07, 6.45) is 0.346. The van der Waals surface area contributed by atoms with E-state index in [2.05, 4.69) is 5.32 Å². The van der Waals surface area contributed by atoms with Gasteiger partial charge in [0.25, 0.3) is 0 Å². The predicted octanol–water partition coefficient (Wildman–Crippen LogP) is 2.98. The second-order valence-corrected chi connectivity index (χ2v) is 5.35. The molecule has 0 saturated heterocycles. The van der Waals surface area contributed by atoms with E-state index in [1.807, 2.05) is 45.0 Å². The Morgan fingerprint density at radius 3 is 2.58 bits per heavy atom. The minimum Gasteiger partial charge on any atom is -0.460 e. The van der Waals surface area contributed by atoms with Crippen LogP contribution in [-0.2, 0) is 20.9 Å². The van der Waals surface area contributed by atoms with Crippen LogP contribution >= 0.6 is 0 Å². The monoisotopic (exact) mass is 265 g/mol. The van der Waals surface area contributed by atoms with Gasteiger partial charge in [-0.25, -0.2) is 0 Å². The molecular weight excluding hydrogens is 242 g/mol. The molecule has 106 valence electrons. The summed E-state index contributed by atoms with van der Waals surface area (Å²) in [7, 11) is 1.66. The molecule has 19 heavy (non-hydrogen) atoms. The van der Waals surface area contributed by atoms with Gasteiger partial charge < -0.3 is 14.8 Å². The van der Waals surface area contributed by atoms with Crippen LogP contribution in [0.4, 0.5) is 5.69 Å². The molecule has 0 heterocycles. The van der Waals surface area contributed by atoms with Crippen molar-refractivity contribution >= 4 is 11.7 Å². The highest BCUT2D eigenvalue weighted by atomic mass is 16.6. The van der Waals surface area contributed by atoms with E-state index in [1.54, 1.807) is 7.11 Å². The molecule has 0 aliphatic carbocycles. The van der Waals surface area contributed by atoms with Gasteiger partial charge in [0.2, 0.25) is 0 Å². The van der Waals surface area contributed by atoms with Gasteiger partial charge in [0.1, 0.15) is 5.60 Å². The molecule has 0 aromatic heterocycles. The third-order valence-electron chi connectivity index (χ3n) is 2.38. The van der Waals surface area contributed by atoms with Crippen molar-refractivity contribution < 1.29 is 14.3 Å². The van der Waals surface area contributed by atoms with Gasteiger partial charge >= 0.3 is 5.97 Å². The molecule has 0 aliphatic rings. The van der Waals surface area contributed by atoms with Crippen molar-refractivity contribution in [3.05, 3.63) is 29.8 Å². The van der Waals surface area contributed by atoms with Gasteiger partial charge in [0, 0.05) is 24.9 Å². The van der Waals surface area contributed by atoms with E-state index in [4.69, 9.17) is 9.47 Å². The SMILES string of the molecule is COCc1ccccc1NCCC(=O)OC(C)(C)C. The van der Waals surface area contributed by atoms with Gasteiger partial charge in [-0.05, 0) is 26.8 Å². The van der Waals surface area contributed by atoms with Crippen LogP contribution in [-0.4, -0.2) is 25.2 Å². The van der Waals surface area contributed by atoms with E-state index in [0.717, 1.165) is 11.3 Å². The lowest BCUT2D eigenvalue weighted by Crippen LogP contribution is -2.25. The second kappa shape index (κ2) is 7.14. The predicted molar refractivity (Wildman–Crippen MR) is 76.1 cm³/mol. The number of hydrogen-bond acceptors (Lipinski definition) is 4. The minimum absolute atomic E-state index is 0.191. The van der Waals surface area contributed by atoms with Crippen molar-refractivity contribution in [1.82, 2.24) is 0 Å². The lowest BCUT2D eigenvalue weighted by atomic mass is 10.2. The fourth-order valence-corrected chi connectivity index (χ4v) is 1.67. The molecule has 1 rings (SSSR count). The molecule has 4 nitrogen and oxygen atoms in total. The molecule has 1 N–H and O–H groups in total. The molecule has 0 aliphatic heterocycles. The lowest BCUT2D eigenvalue weighted by molar-refractivity contribution is -0.154. The summed E-state index contributed by atoms with van der Waals surface area (Å²) >= 11 is 0. The Hall–Kier alpha value is -1.55. The van der Waals surface area contributed by atoms with Crippen LogP contribution in [0.2, 0.25) is 0 Å². The highest BCUT2D eigenvalue weighted by Crippen LogP contribution is 2.16. The summed E-state index contributed by atoms with van der Waals surface area (Å²) in [6, 6.07) is 7.89. The fourth-order valence-electron chi connectivity index (χ4n) is 1.67. The Labute approximate surface area is 115 Å². The van der Waals surface area contributed by atoms with Gasteiger partial charge in [0.15, 0.2) is 0 Å². The zero-order chi connectivity index (χ0) is 14.3. The standard InChI is InChI=1S/C15H23NO3/c1-15(2,3)19-14(17)9-10-16-13-8-6-5-7-12(13)11-18-4/h5-8,16H,9-11H2,1-4H3. The van der Waals surface area contributed by atoms with E-state index in [0.29, 0.717) is 19.6 Å². The maximum atomic E-state index is 11.6. The summed E-state index contributed by atoms with van der Waals surface area (Å²) < 4.78 is 10.4. The lowest BCUT2D eigenvalue weighted by Gasteiger charge is -2.19. The van der Waals surface area contributed by atoms with Crippen LogP contribution in [0.25, 0.3) is 0 Å². The summed E-state index contributed by atoms with van der Waals surface area (Å²) in [5.41, 5.74) is 1.65. The molecule has 0 saturated carbocycles. The van der Waals surface area contributed by atoms with Crippen molar-refractivity contribution in [1.29, 1.82) is 0 Å². The average molecular weight is 265 g/mol. The molecule has 1 aromatic carbocycles. The number of nitrogens with one attached hydrogen (secondary N) is 1. The summed E-state index contributed by atoms with van der Waals surface area (Å²) in [6.45, 7) is 6.70. The van der Waals surface area contributed by atoms with Crippen LogP contribution in [0.15, 0.2) is 24.3 Å². The van der Waals surface area contributed by atoms with Crippen LogP contribution in [0.3, 0.4) is 0 Å². The van der Waals surface area contributed by atoms with Gasteiger partial charge in [-0.1, -0.05) is 18.2 Å². The number of esters is 1. The van der Waals surface area contributed by atoms with Gasteiger partial charge in [-0.3, -0.25) is 4.79 Å². The third kappa shape index (κ3) is 6.25. The van der Waals surface area contributed by atoms with Crippen LogP contribution in [0, 0.1) is 0 Å². The average Bonchev–Trinajstić information content (AvgIpc) is 2.29. The zero-order valence-corrected chi connectivity index (χ0v) is 12.2. The molecule has 0 radical (unpaired) electrons. The zero-order valence-electron chi connectivity index (χ0n) is 12.2. The van der Waals surface area contributed by atoms with Gasteiger partial charge in [0.05, 0.1) is 13.0 Å². The summed E-state index contributed by atoms with van der Waals surface area (Å²) in [5.74, 6) is -0.191. The minimum atomic E-state index is -0.426. The van der Waals surface area contributed by atoms with Crippen molar-refractivity contribution in [2.75, 3.05) is 19.0 Å². The second-order valence-electron chi connectivity index (χ2n) is 5.35. The maximum absolute atomic E-state index is 11.6. The van der Waals surface area contributed by atoms with Crippen molar-refractivity contribution in [3.63, 3.8) is 0 Å². The summed E-state index contributed by atoms with van der Waals surface area (Å²) in [5, 5.41) is 3.23. The normalized spacial score (nSPS) is 11.2. The van der Waals surface area contributed by atoms with Crippen LogP contribution < -0.4 is 5.32 Å². The van der Waals surface area contributed by atoms with Crippen molar-refractivity contribution in [2.45, 2.75) is 39.4 Å². The van der Waals surface area contributed by atoms with Crippen molar-refractivity contribution in [3.8, 4) is 0 Å². The number of anilines is 1. The third-order valence-corrected chi connectivity index (χ3v) is 2.38. The molecule has 0 bridgehead atoms. The Morgan fingerprint density at radius 2 is 1.95 bits per heavy atom. The highest BCUT2D eigenvalue weighted by Gasteiger charge is 2.15. The molecule has 0 amide bonds. The number of ether oxygens (including phenoxy) is 2. The van der Waals surface area contributed by atoms with Crippen molar-refractivity contribution in [2.24, 2.45) is 0 Å². The van der Waals surface area contributed by atoms with Gasteiger partial charge in [-0.15, -0.1) is 0 Å². The first kappa shape index (κ1) is 15.5. The number of hydrogen-bond donors (Lipinski definition) is 1. The topological polar surface area (TPSA) is 47.6 Å². The van der Waals surface area contributed by atoms with Crippen LogP contribution in [0.1, 0.15) is 32.8 Å².